The van der Waals surface area contributed by atoms with Crippen LogP contribution in [0, 0.1) is 0 Å². The van der Waals surface area contributed by atoms with Gasteiger partial charge in [-0.15, -0.1) is 0 Å². The van der Waals surface area contributed by atoms with Crippen molar-refractivity contribution in [2.24, 2.45) is 0 Å². The quantitative estimate of drug-likeness (QED) is 0.822. The van der Waals surface area contributed by atoms with Gasteiger partial charge in [0.1, 0.15) is 17.8 Å². The summed E-state index contributed by atoms with van der Waals surface area (Å²) in [5.41, 5.74) is 1.60. The number of H-pyrrole nitrogens is 1. The molecule has 9 nitrogen and oxygen atoms in total. The lowest BCUT2D eigenvalue weighted by Gasteiger charge is -2.34. The van der Waals surface area contributed by atoms with Gasteiger partial charge in [-0.2, -0.15) is 0 Å². The van der Waals surface area contributed by atoms with Crippen LogP contribution in [0.2, 0.25) is 0 Å². The van der Waals surface area contributed by atoms with Gasteiger partial charge in [-0.25, -0.2) is 19.7 Å². The molecule has 1 amide bonds. The summed E-state index contributed by atoms with van der Waals surface area (Å²) >= 11 is 0. The van der Waals surface area contributed by atoms with Crippen LogP contribution >= 0.6 is 0 Å². The topological polar surface area (TPSA) is 104 Å². The maximum Gasteiger partial charge on any atom is 0.410 e. The monoisotopic (exact) mass is 412 g/mol. The van der Waals surface area contributed by atoms with Crippen molar-refractivity contribution in [3.05, 3.63) is 40.3 Å². The van der Waals surface area contributed by atoms with Crippen molar-refractivity contribution in [2.45, 2.75) is 58.2 Å². The Kier molecular flexibility index (Phi) is 5.55. The first-order chi connectivity index (χ1) is 14.3. The Morgan fingerprint density at radius 1 is 1.27 bits per heavy atom. The standard InChI is InChI=1S/C21H28N6O3/c1-21(2,3)30-20(29)27-7-4-5-15(27)11-26-8-6-16-17(12-26)24-18(25-19(16)28)14-9-22-13-23-10-14/h9-10,13,15H,4-8,11-12H2,1-3H3,(H,24,25,28). The average Bonchev–Trinajstić information content (AvgIpc) is 3.15. The van der Waals surface area contributed by atoms with Gasteiger partial charge in [-0.3, -0.25) is 9.69 Å². The molecule has 1 saturated heterocycles. The van der Waals surface area contributed by atoms with Crippen molar-refractivity contribution in [3.63, 3.8) is 0 Å². The van der Waals surface area contributed by atoms with Gasteiger partial charge in [-0.05, 0) is 40.0 Å². The zero-order valence-corrected chi connectivity index (χ0v) is 17.7. The Morgan fingerprint density at radius 3 is 2.77 bits per heavy atom. The van der Waals surface area contributed by atoms with Gasteiger partial charge in [0.2, 0.25) is 0 Å². The van der Waals surface area contributed by atoms with Crippen molar-refractivity contribution >= 4 is 6.09 Å². The Bertz CT molecular complexity index is 969. The molecule has 0 aliphatic carbocycles. The highest BCUT2D eigenvalue weighted by Gasteiger charge is 2.34. The Hall–Kier alpha value is -2.81. The molecule has 1 atom stereocenters. The van der Waals surface area contributed by atoms with Crippen molar-refractivity contribution in [3.8, 4) is 11.4 Å². The highest BCUT2D eigenvalue weighted by molar-refractivity contribution is 5.69. The van der Waals surface area contributed by atoms with Crippen LogP contribution in [0.15, 0.2) is 23.5 Å². The van der Waals surface area contributed by atoms with E-state index in [9.17, 15) is 9.59 Å². The maximum atomic E-state index is 12.6. The van der Waals surface area contributed by atoms with Crippen molar-refractivity contribution < 1.29 is 9.53 Å². The van der Waals surface area contributed by atoms with Gasteiger partial charge >= 0.3 is 6.09 Å². The molecule has 2 aliphatic heterocycles. The van der Waals surface area contributed by atoms with Crippen LogP contribution < -0.4 is 5.56 Å². The smallest absolute Gasteiger partial charge is 0.410 e. The molecule has 30 heavy (non-hydrogen) atoms. The Balaban J connectivity index is 1.48. The van der Waals surface area contributed by atoms with E-state index in [1.807, 2.05) is 25.7 Å². The third-order valence-electron chi connectivity index (χ3n) is 5.46. The third kappa shape index (κ3) is 4.51. The summed E-state index contributed by atoms with van der Waals surface area (Å²) < 4.78 is 5.58. The lowest BCUT2D eigenvalue weighted by molar-refractivity contribution is 0.0191. The molecule has 9 heteroatoms. The lowest BCUT2D eigenvalue weighted by atomic mass is 10.0. The molecule has 2 aromatic heterocycles. The second kappa shape index (κ2) is 8.14. The van der Waals surface area contributed by atoms with E-state index in [4.69, 9.17) is 4.74 Å². The summed E-state index contributed by atoms with van der Waals surface area (Å²) in [7, 11) is 0. The summed E-state index contributed by atoms with van der Waals surface area (Å²) in [6.45, 7) is 8.47. The van der Waals surface area contributed by atoms with E-state index in [0.29, 0.717) is 24.4 Å². The zero-order chi connectivity index (χ0) is 21.3. The van der Waals surface area contributed by atoms with Crippen molar-refractivity contribution in [1.29, 1.82) is 0 Å². The molecule has 0 saturated carbocycles. The Labute approximate surface area is 175 Å². The number of nitrogens with one attached hydrogen (secondary N) is 1. The number of carbonyl (C=O) groups is 1. The number of hydrogen-bond acceptors (Lipinski definition) is 7. The number of aromatic amines is 1. The van der Waals surface area contributed by atoms with Gasteiger partial charge in [-0.1, -0.05) is 0 Å². The molecule has 0 spiro atoms. The highest BCUT2D eigenvalue weighted by atomic mass is 16.6. The molecule has 0 aromatic carbocycles. The van der Waals surface area contributed by atoms with Crippen LogP contribution in [0.3, 0.4) is 0 Å². The fourth-order valence-electron chi connectivity index (χ4n) is 4.09. The van der Waals surface area contributed by atoms with Crippen LogP contribution in [0.25, 0.3) is 11.4 Å². The summed E-state index contributed by atoms with van der Waals surface area (Å²) in [6, 6.07) is 0.116. The number of hydrogen-bond donors (Lipinski definition) is 1. The van der Waals surface area contributed by atoms with Crippen LogP contribution in [0.5, 0.6) is 0 Å². The van der Waals surface area contributed by atoms with Gasteiger partial charge in [0.05, 0.1) is 11.3 Å². The predicted octanol–water partition coefficient (Wildman–Crippen LogP) is 1.98. The number of rotatable bonds is 3. The third-order valence-corrected chi connectivity index (χ3v) is 5.46. The molecular formula is C21H28N6O3. The second-order valence-corrected chi connectivity index (χ2v) is 8.92. The average molecular weight is 412 g/mol. The number of fused-ring (bicyclic) bond motifs is 1. The van der Waals surface area contributed by atoms with E-state index in [1.165, 1.54) is 6.33 Å². The van der Waals surface area contributed by atoms with E-state index < -0.39 is 5.60 Å². The van der Waals surface area contributed by atoms with Crippen molar-refractivity contribution in [1.82, 2.24) is 29.7 Å². The van der Waals surface area contributed by atoms with E-state index in [0.717, 1.165) is 43.7 Å². The molecule has 160 valence electrons. The summed E-state index contributed by atoms with van der Waals surface area (Å²) in [5, 5.41) is 0. The number of aromatic nitrogens is 4. The molecular weight excluding hydrogens is 384 g/mol. The van der Waals surface area contributed by atoms with E-state index >= 15 is 0 Å². The van der Waals surface area contributed by atoms with Crippen LogP contribution in [-0.4, -0.2) is 67.1 Å². The van der Waals surface area contributed by atoms with Crippen molar-refractivity contribution in [2.75, 3.05) is 19.6 Å². The first kappa shape index (κ1) is 20.5. The molecule has 0 radical (unpaired) electrons. The zero-order valence-electron chi connectivity index (χ0n) is 17.7. The van der Waals surface area contributed by atoms with Crippen LogP contribution in [0.4, 0.5) is 4.79 Å². The minimum Gasteiger partial charge on any atom is -0.444 e. The van der Waals surface area contributed by atoms with Crippen LogP contribution in [0.1, 0.15) is 44.9 Å². The van der Waals surface area contributed by atoms with E-state index in [1.54, 1.807) is 12.4 Å². The highest BCUT2D eigenvalue weighted by Crippen LogP contribution is 2.24. The predicted molar refractivity (Wildman–Crippen MR) is 111 cm³/mol. The first-order valence-corrected chi connectivity index (χ1v) is 10.4. The number of likely N-dealkylation sites (tertiary alicyclic amines) is 1. The summed E-state index contributed by atoms with van der Waals surface area (Å²) in [4.78, 5) is 44.8. The minimum absolute atomic E-state index is 0.102. The SMILES string of the molecule is CC(C)(C)OC(=O)N1CCCC1CN1CCc2c(nc(-c3cncnc3)[nH]c2=O)C1. The van der Waals surface area contributed by atoms with Gasteiger partial charge < -0.3 is 14.6 Å². The van der Waals surface area contributed by atoms with E-state index in [-0.39, 0.29) is 17.7 Å². The van der Waals surface area contributed by atoms with Gasteiger partial charge in [0, 0.05) is 50.2 Å². The number of nitrogens with zero attached hydrogens (tertiary/aromatic N) is 5. The fraction of sp³-hybridized carbons (Fsp3) is 0.571. The maximum absolute atomic E-state index is 12.6. The molecule has 1 unspecified atom stereocenters. The molecule has 4 rings (SSSR count). The number of ether oxygens (including phenoxy) is 1. The van der Waals surface area contributed by atoms with Gasteiger partial charge in [0.15, 0.2) is 0 Å². The summed E-state index contributed by atoms with van der Waals surface area (Å²) in [6.07, 6.45) is 7.04. The molecule has 2 aliphatic rings. The minimum atomic E-state index is -0.503. The van der Waals surface area contributed by atoms with E-state index in [2.05, 4.69) is 24.8 Å². The molecule has 1 N–H and O–H groups in total. The normalized spacial score (nSPS) is 19.6. The number of carbonyl (C=O) groups excluding carboxylic acids is 1. The second-order valence-electron chi connectivity index (χ2n) is 8.92. The largest absolute Gasteiger partial charge is 0.444 e. The molecule has 0 bridgehead atoms. The first-order valence-electron chi connectivity index (χ1n) is 10.4. The summed E-state index contributed by atoms with van der Waals surface area (Å²) in [5.74, 6) is 0.484. The van der Waals surface area contributed by atoms with Gasteiger partial charge in [0.25, 0.3) is 5.56 Å². The molecule has 2 aromatic rings. The molecule has 4 heterocycles. The van der Waals surface area contributed by atoms with Crippen LogP contribution in [-0.2, 0) is 17.7 Å². The number of amides is 1. The molecule has 1 fully saturated rings. The fourth-order valence-corrected chi connectivity index (χ4v) is 4.09. The Morgan fingerprint density at radius 2 is 2.03 bits per heavy atom. The lowest BCUT2D eigenvalue weighted by Crippen LogP contribution is -2.46.